The van der Waals surface area contributed by atoms with Crippen molar-refractivity contribution in [2.24, 2.45) is 0 Å². The molecule has 0 bridgehead atoms. The first kappa shape index (κ1) is 10.7. The standard InChI is InChI=1S/C11H15NO2/c1-9(13)12(10(2)14)8-11-6-4-3-5-7-11/h3-7,9,13H,8H2,1-2H3. The minimum Gasteiger partial charge on any atom is -0.374 e. The number of benzene rings is 1. The molecule has 3 heteroatoms. The zero-order chi connectivity index (χ0) is 10.6. The molecule has 1 rings (SSSR count). The monoisotopic (exact) mass is 193 g/mol. The van der Waals surface area contributed by atoms with Crippen molar-refractivity contribution < 1.29 is 9.90 Å². The molecule has 0 saturated heterocycles. The van der Waals surface area contributed by atoms with Crippen LogP contribution in [-0.4, -0.2) is 22.1 Å². The molecule has 0 saturated carbocycles. The molecule has 0 heterocycles. The highest BCUT2D eigenvalue weighted by molar-refractivity contribution is 5.73. The molecule has 14 heavy (non-hydrogen) atoms. The number of nitrogens with zero attached hydrogens (tertiary/aromatic N) is 1. The third kappa shape index (κ3) is 2.85. The first-order valence-electron chi connectivity index (χ1n) is 4.60. The van der Waals surface area contributed by atoms with E-state index in [2.05, 4.69) is 0 Å². The van der Waals surface area contributed by atoms with E-state index in [9.17, 15) is 9.90 Å². The van der Waals surface area contributed by atoms with Gasteiger partial charge in [-0.2, -0.15) is 0 Å². The van der Waals surface area contributed by atoms with E-state index >= 15 is 0 Å². The lowest BCUT2D eigenvalue weighted by atomic mass is 10.2. The molecule has 1 unspecified atom stereocenters. The highest BCUT2D eigenvalue weighted by Gasteiger charge is 2.13. The molecule has 76 valence electrons. The molecule has 1 aromatic carbocycles. The predicted molar refractivity (Wildman–Crippen MR) is 54.3 cm³/mol. The SMILES string of the molecule is CC(=O)N(Cc1ccccc1)C(C)O. The van der Waals surface area contributed by atoms with Crippen LogP contribution >= 0.6 is 0 Å². The second-order valence-corrected chi connectivity index (χ2v) is 3.26. The molecule has 0 aromatic heterocycles. The molecule has 1 N–H and O–H groups in total. The summed E-state index contributed by atoms with van der Waals surface area (Å²) in [6, 6.07) is 9.60. The van der Waals surface area contributed by atoms with Crippen molar-refractivity contribution in [2.75, 3.05) is 0 Å². The van der Waals surface area contributed by atoms with Gasteiger partial charge < -0.3 is 10.0 Å². The van der Waals surface area contributed by atoms with Crippen LogP contribution in [0.2, 0.25) is 0 Å². The van der Waals surface area contributed by atoms with Crippen LogP contribution in [0, 0.1) is 0 Å². The third-order valence-electron chi connectivity index (χ3n) is 2.05. The second-order valence-electron chi connectivity index (χ2n) is 3.26. The van der Waals surface area contributed by atoms with Gasteiger partial charge in [-0.15, -0.1) is 0 Å². The van der Waals surface area contributed by atoms with Crippen molar-refractivity contribution in [1.82, 2.24) is 4.90 Å². The van der Waals surface area contributed by atoms with Gasteiger partial charge in [0.05, 0.1) is 0 Å². The lowest BCUT2D eigenvalue weighted by Gasteiger charge is -2.24. The topological polar surface area (TPSA) is 40.5 Å². The lowest BCUT2D eigenvalue weighted by Crippen LogP contribution is -2.36. The van der Waals surface area contributed by atoms with Crippen molar-refractivity contribution in [3.05, 3.63) is 35.9 Å². The maximum atomic E-state index is 11.2. The summed E-state index contributed by atoms with van der Waals surface area (Å²) < 4.78 is 0. The Bertz CT molecular complexity index is 295. The van der Waals surface area contributed by atoms with Gasteiger partial charge in [0, 0.05) is 13.5 Å². The molecule has 0 spiro atoms. The Balaban J connectivity index is 2.70. The van der Waals surface area contributed by atoms with Crippen LogP contribution in [0.1, 0.15) is 19.4 Å². The Labute approximate surface area is 84.0 Å². The van der Waals surface area contributed by atoms with Crippen molar-refractivity contribution in [3.8, 4) is 0 Å². The van der Waals surface area contributed by atoms with Gasteiger partial charge in [0.2, 0.25) is 5.91 Å². The second kappa shape index (κ2) is 4.77. The van der Waals surface area contributed by atoms with Gasteiger partial charge >= 0.3 is 0 Å². The first-order valence-corrected chi connectivity index (χ1v) is 4.60. The summed E-state index contributed by atoms with van der Waals surface area (Å²) in [5.74, 6) is -0.121. The van der Waals surface area contributed by atoms with E-state index in [-0.39, 0.29) is 5.91 Å². The Morgan fingerprint density at radius 2 is 2.00 bits per heavy atom. The van der Waals surface area contributed by atoms with Gasteiger partial charge in [0.1, 0.15) is 6.23 Å². The van der Waals surface area contributed by atoms with E-state index in [0.717, 1.165) is 5.56 Å². The smallest absolute Gasteiger partial charge is 0.221 e. The number of aliphatic hydroxyl groups is 1. The van der Waals surface area contributed by atoms with Crippen LogP contribution in [0.3, 0.4) is 0 Å². The van der Waals surface area contributed by atoms with E-state index in [1.54, 1.807) is 6.92 Å². The zero-order valence-electron chi connectivity index (χ0n) is 8.47. The highest BCUT2D eigenvalue weighted by atomic mass is 16.3. The first-order chi connectivity index (χ1) is 6.61. The maximum absolute atomic E-state index is 11.2. The largest absolute Gasteiger partial charge is 0.374 e. The van der Waals surface area contributed by atoms with E-state index in [4.69, 9.17) is 0 Å². The average Bonchev–Trinajstić information content (AvgIpc) is 2.15. The van der Waals surface area contributed by atoms with Crippen molar-refractivity contribution in [3.63, 3.8) is 0 Å². The van der Waals surface area contributed by atoms with Crippen LogP contribution in [0.25, 0.3) is 0 Å². The Morgan fingerprint density at radius 3 is 2.43 bits per heavy atom. The number of carbonyl (C=O) groups excluding carboxylic acids is 1. The maximum Gasteiger partial charge on any atom is 0.221 e. The number of carbonyl (C=O) groups is 1. The summed E-state index contributed by atoms with van der Waals surface area (Å²) in [6.45, 7) is 3.49. The number of aliphatic hydroxyl groups excluding tert-OH is 1. The number of hydrogen-bond donors (Lipinski definition) is 1. The lowest BCUT2D eigenvalue weighted by molar-refractivity contribution is -0.138. The van der Waals surface area contributed by atoms with Crippen LogP contribution < -0.4 is 0 Å². The Kier molecular flexibility index (Phi) is 3.65. The van der Waals surface area contributed by atoms with Gasteiger partial charge in [0.25, 0.3) is 0 Å². The van der Waals surface area contributed by atoms with E-state index < -0.39 is 6.23 Å². The fraction of sp³-hybridized carbons (Fsp3) is 0.364. The van der Waals surface area contributed by atoms with E-state index in [1.165, 1.54) is 11.8 Å². The van der Waals surface area contributed by atoms with Crippen LogP contribution in [-0.2, 0) is 11.3 Å². The van der Waals surface area contributed by atoms with Crippen LogP contribution in [0.15, 0.2) is 30.3 Å². The number of hydrogen-bond acceptors (Lipinski definition) is 2. The zero-order valence-corrected chi connectivity index (χ0v) is 8.47. The molecule has 0 fully saturated rings. The minimum atomic E-state index is -0.743. The highest BCUT2D eigenvalue weighted by Crippen LogP contribution is 2.06. The van der Waals surface area contributed by atoms with Crippen molar-refractivity contribution in [2.45, 2.75) is 26.6 Å². The van der Waals surface area contributed by atoms with Crippen LogP contribution in [0.5, 0.6) is 0 Å². The molecule has 0 aliphatic heterocycles. The number of rotatable bonds is 3. The van der Waals surface area contributed by atoms with Gasteiger partial charge in [-0.1, -0.05) is 30.3 Å². The molecule has 0 aliphatic rings. The normalized spacial score (nSPS) is 12.2. The summed E-state index contributed by atoms with van der Waals surface area (Å²) in [6.07, 6.45) is -0.743. The quantitative estimate of drug-likeness (QED) is 0.736. The Hall–Kier alpha value is -1.35. The van der Waals surface area contributed by atoms with Gasteiger partial charge in [-0.3, -0.25) is 4.79 Å². The summed E-state index contributed by atoms with van der Waals surface area (Å²) in [5, 5.41) is 9.35. The van der Waals surface area contributed by atoms with E-state index in [1.807, 2.05) is 30.3 Å². The summed E-state index contributed by atoms with van der Waals surface area (Å²) in [4.78, 5) is 12.6. The van der Waals surface area contributed by atoms with Gasteiger partial charge in [-0.05, 0) is 12.5 Å². The molecule has 0 aliphatic carbocycles. The molecule has 1 amide bonds. The van der Waals surface area contributed by atoms with Crippen LogP contribution in [0.4, 0.5) is 0 Å². The fourth-order valence-electron chi connectivity index (χ4n) is 1.29. The molecule has 3 nitrogen and oxygen atoms in total. The molecule has 1 atom stereocenters. The summed E-state index contributed by atoms with van der Waals surface area (Å²) in [7, 11) is 0. The average molecular weight is 193 g/mol. The molecule has 0 radical (unpaired) electrons. The van der Waals surface area contributed by atoms with Gasteiger partial charge in [-0.25, -0.2) is 0 Å². The summed E-state index contributed by atoms with van der Waals surface area (Å²) in [5.41, 5.74) is 1.02. The Morgan fingerprint density at radius 1 is 1.43 bits per heavy atom. The molecule has 1 aromatic rings. The predicted octanol–water partition coefficient (Wildman–Crippen LogP) is 1.37. The van der Waals surface area contributed by atoms with Crippen molar-refractivity contribution >= 4 is 5.91 Å². The number of amides is 1. The molecular weight excluding hydrogens is 178 g/mol. The molecular formula is C11H15NO2. The fourth-order valence-corrected chi connectivity index (χ4v) is 1.29. The van der Waals surface area contributed by atoms with Gasteiger partial charge in [0.15, 0.2) is 0 Å². The minimum absolute atomic E-state index is 0.121. The summed E-state index contributed by atoms with van der Waals surface area (Å²) >= 11 is 0. The third-order valence-corrected chi connectivity index (χ3v) is 2.05. The van der Waals surface area contributed by atoms with Crippen molar-refractivity contribution in [1.29, 1.82) is 0 Å². The van der Waals surface area contributed by atoms with E-state index in [0.29, 0.717) is 6.54 Å².